The Morgan fingerprint density at radius 2 is 2.05 bits per heavy atom. The molecule has 0 spiro atoms. The molecule has 0 saturated heterocycles. The summed E-state index contributed by atoms with van der Waals surface area (Å²) in [7, 11) is -4.12. The minimum Gasteiger partial charge on any atom is -0.456 e. The predicted octanol–water partition coefficient (Wildman–Crippen LogP) is 1.84. The second-order valence-corrected chi connectivity index (χ2v) is 7.96. The molecule has 3 aliphatic rings. The third-order valence-electron chi connectivity index (χ3n) is 5.33. The van der Waals surface area contributed by atoms with E-state index in [-0.39, 0.29) is 11.8 Å². The van der Waals surface area contributed by atoms with Crippen molar-refractivity contribution in [3.05, 3.63) is 12.7 Å². The van der Waals surface area contributed by atoms with Gasteiger partial charge in [0.25, 0.3) is 0 Å². The maximum Gasteiger partial charge on any atom is 0.330 e. The minimum absolute atomic E-state index is 0.00551. The normalized spacial score (nSPS) is 44.1. The van der Waals surface area contributed by atoms with Gasteiger partial charge in [0.2, 0.25) is 0 Å². The zero-order chi connectivity index (χ0) is 13.8. The molecule has 106 valence electrons. The number of ether oxygens (including phenoxy) is 1. The van der Waals surface area contributed by atoms with E-state index in [1.165, 1.54) is 0 Å². The first kappa shape index (κ1) is 13.3. The topological polar surface area (TPSA) is 83.8 Å². The lowest BCUT2D eigenvalue weighted by atomic mass is 9.79. The van der Waals surface area contributed by atoms with Gasteiger partial charge in [-0.3, -0.25) is 4.57 Å². The van der Waals surface area contributed by atoms with Gasteiger partial charge >= 0.3 is 13.6 Å². The molecule has 5 unspecified atom stereocenters. The van der Waals surface area contributed by atoms with Crippen molar-refractivity contribution in [3.8, 4) is 0 Å². The van der Waals surface area contributed by atoms with Crippen molar-refractivity contribution in [3.63, 3.8) is 0 Å². The summed E-state index contributed by atoms with van der Waals surface area (Å²) in [6, 6.07) is 0. The van der Waals surface area contributed by atoms with E-state index in [0.717, 1.165) is 25.3 Å². The first-order chi connectivity index (χ1) is 8.87. The van der Waals surface area contributed by atoms with Gasteiger partial charge < -0.3 is 14.5 Å². The number of esters is 1. The fourth-order valence-electron chi connectivity index (χ4n) is 4.79. The molecule has 0 radical (unpaired) electrons. The van der Waals surface area contributed by atoms with Crippen LogP contribution < -0.4 is 0 Å². The Morgan fingerprint density at radius 1 is 1.32 bits per heavy atom. The number of carbonyl (C=O) groups is 1. The Hall–Kier alpha value is -0.640. The van der Waals surface area contributed by atoms with Crippen LogP contribution in [-0.4, -0.2) is 27.0 Å². The van der Waals surface area contributed by atoms with Gasteiger partial charge in [-0.15, -0.1) is 0 Å². The van der Waals surface area contributed by atoms with Crippen molar-refractivity contribution < 1.29 is 23.9 Å². The molecule has 5 atom stereocenters. The molecule has 3 saturated carbocycles. The summed E-state index contributed by atoms with van der Waals surface area (Å²) in [5.41, 5.74) is -1.28. The van der Waals surface area contributed by atoms with Crippen LogP contribution in [0.1, 0.15) is 32.1 Å². The molecule has 5 nitrogen and oxygen atoms in total. The molecule has 0 aromatic heterocycles. The van der Waals surface area contributed by atoms with Crippen LogP contribution in [0.15, 0.2) is 12.7 Å². The first-order valence-corrected chi connectivity index (χ1v) is 8.46. The molecule has 2 bridgehead atoms. The summed E-state index contributed by atoms with van der Waals surface area (Å²) in [6.45, 7) is 3.41. The lowest BCUT2D eigenvalue weighted by Gasteiger charge is -2.38. The van der Waals surface area contributed by atoms with Crippen LogP contribution >= 0.6 is 7.60 Å². The maximum absolute atomic E-state index is 11.6. The maximum atomic E-state index is 11.6. The number of rotatable bonds is 3. The molecule has 3 aliphatic carbocycles. The summed E-state index contributed by atoms with van der Waals surface area (Å²) in [4.78, 5) is 30.6. The van der Waals surface area contributed by atoms with E-state index < -0.39 is 24.8 Å². The van der Waals surface area contributed by atoms with Crippen LogP contribution in [0.3, 0.4) is 0 Å². The quantitative estimate of drug-likeness (QED) is 0.470. The molecule has 0 amide bonds. The van der Waals surface area contributed by atoms with Crippen LogP contribution in [0.5, 0.6) is 0 Å². The second kappa shape index (κ2) is 4.18. The molecule has 19 heavy (non-hydrogen) atoms. The monoisotopic (exact) mass is 286 g/mol. The molecular formula is C13H19O5P. The predicted molar refractivity (Wildman–Crippen MR) is 68.4 cm³/mol. The highest BCUT2D eigenvalue weighted by molar-refractivity contribution is 7.52. The lowest BCUT2D eigenvalue weighted by molar-refractivity contribution is -0.158. The van der Waals surface area contributed by atoms with Gasteiger partial charge in [0.1, 0.15) is 5.60 Å². The fourth-order valence-corrected chi connectivity index (χ4v) is 6.16. The summed E-state index contributed by atoms with van der Waals surface area (Å²) in [5.74, 6) is 0.122. The van der Waals surface area contributed by atoms with Crippen LogP contribution in [-0.2, 0) is 14.1 Å². The number of fused-ring (bicyclic) bond motifs is 5. The van der Waals surface area contributed by atoms with Crippen molar-refractivity contribution in [2.75, 3.05) is 0 Å². The van der Waals surface area contributed by atoms with Crippen LogP contribution in [0, 0.1) is 17.8 Å². The van der Waals surface area contributed by atoms with Gasteiger partial charge in [-0.1, -0.05) is 13.0 Å². The van der Waals surface area contributed by atoms with Gasteiger partial charge in [-0.05, 0) is 31.1 Å². The zero-order valence-corrected chi connectivity index (χ0v) is 11.6. The molecule has 0 aromatic carbocycles. The average Bonchev–Trinajstić information content (AvgIpc) is 2.97. The van der Waals surface area contributed by atoms with E-state index in [1.807, 2.05) is 0 Å². The van der Waals surface area contributed by atoms with E-state index in [0.29, 0.717) is 18.8 Å². The molecule has 0 aliphatic heterocycles. The van der Waals surface area contributed by atoms with Crippen molar-refractivity contribution >= 4 is 13.6 Å². The van der Waals surface area contributed by atoms with E-state index in [9.17, 15) is 19.1 Å². The highest BCUT2D eigenvalue weighted by atomic mass is 31.2. The molecule has 0 heterocycles. The summed E-state index contributed by atoms with van der Waals surface area (Å²) in [5, 5.41) is 0. The van der Waals surface area contributed by atoms with Gasteiger partial charge in [0.15, 0.2) is 0 Å². The Bertz CT molecular complexity index is 470. The van der Waals surface area contributed by atoms with Gasteiger partial charge in [-0.2, -0.15) is 0 Å². The van der Waals surface area contributed by atoms with E-state index >= 15 is 0 Å². The molecule has 3 fully saturated rings. The number of hydrogen-bond acceptors (Lipinski definition) is 3. The standard InChI is InChI=1S/C13H19O5P/c1-2-12(14)18-13-6-9(8-4-3-5-10(8)13)11(7-13)19(15,16)17/h2,8-11H,1,3-7H2,(H2,15,16,17). The summed E-state index contributed by atoms with van der Waals surface area (Å²) < 4.78 is 17.2. The molecule has 2 N–H and O–H groups in total. The number of hydrogen-bond donors (Lipinski definition) is 2. The van der Waals surface area contributed by atoms with Crippen LogP contribution in [0.25, 0.3) is 0 Å². The average molecular weight is 286 g/mol. The van der Waals surface area contributed by atoms with Crippen molar-refractivity contribution in [2.24, 2.45) is 17.8 Å². The minimum atomic E-state index is -4.12. The van der Waals surface area contributed by atoms with Gasteiger partial charge in [0.05, 0.1) is 5.66 Å². The third-order valence-corrected chi connectivity index (χ3v) is 6.76. The molecule has 6 heteroatoms. The van der Waals surface area contributed by atoms with Crippen LogP contribution in [0.4, 0.5) is 0 Å². The van der Waals surface area contributed by atoms with Gasteiger partial charge in [-0.25, -0.2) is 4.79 Å². The second-order valence-electron chi connectivity index (χ2n) is 6.12. The van der Waals surface area contributed by atoms with E-state index in [4.69, 9.17) is 4.74 Å². The van der Waals surface area contributed by atoms with Crippen molar-refractivity contribution in [1.29, 1.82) is 0 Å². The SMILES string of the molecule is C=CC(=O)OC12CC(C3CCCC31)C(P(=O)(O)O)C2. The van der Waals surface area contributed by atoms with E-state index in [1.54, 1.807) is 0 Å². The Labute approximate surface area is 112 Å². The summed E-state index contributed by atoms with van der Waals surface area (Å²) >= 11 is 0. The lowest BCUT2D eigenvalue weighted by Crippen LogP contribution is -2.42. The largest absolute Gasteiger partial charge is 0.456 e. The molecular weight excluding hydrogens is 267 g/mol. The van der Waals surface area contributed by atoms with Gasteiger partial charge in [0, 0.05) is 18.4 Å². The van der Waals surface area contributed by atoms with E-state index in [2.05, 4.69) is 6.58 Å². The first-order valence-electron chi connectivity index (χ1n) is 6.78. The Morgan fingerprint density at radius 3 is 2.68 bits per heavy atom. The number of carbonyl (C=O) groups excluding carboxylic acids is 1. The van der Waals surface area contributed by atoms with Crippen molar-refractivity contribution in [1.82, 2.24) is 0 Å². The summed E-state index contributed by atoms with van der Waals surface area (Å²) in [6.07, 6.45) is 5.11. The third kappa shape index (κ3) is 1.91. The Balaban J connectivity index is 1.92. The zero-order valence-electron chi connectivity index (χ0n) is 10.7. The molecule has 0 aromatic rings. The smallest absolute Gasteiger partial charge is 0.330 e. The Kier molecular flexibility index (Phi) is 2.93. The molecule has 3 rings (SSSR count). The fraction of sp³-hybridized carbons (Fsp3) is 0.769. The van der Waals surface area contributed by atoms with Crippen molar-refractivity contribution in [2.45, 2.75) is 43.4 Å². The van der Waals surface area contributed by atoms with Crippen LogP contribution in [0.2, 0.25) is 0 Å². The highest BCUT2D eigenvalue weighted by Gasteiger charge is 2.67. The highest BCUT2D eigenvalue weighted by Crippen LogP contribution is 2.69.